The summed E-state index contributed by atoms with van der Waals surface area (Å²) in [7, 11) is -2.03. The quantitative estimate of drug-likeness (QED) is 0.205. The Morgan fingerprint density at radius 3 is 2.07 bits per heavy atom. The molecule has 0 aliphatic carbocycles. The SMILES string of the molecule is COC(=O)C(Cl)(Cl)CCCCCCCCCC(NS(C)(=O)=O)c1ccc(Cl)cc1. The van der Waals surface area contributed by atoms with Gasteiger partial charge in [-0.2, -0.15) is 0 Å². The van der Waals surface area contributed by atoms with E-state index in [-0.39, 0.29) is 6.04 Å². The van der Waals surface area contributed by atoms with Gasteiger partial charge in [-0.25, -0.2) is 17.9 Å². The van der Waals surface area contributed by atoms with Crippen LogP contribution in [0.3, 0.4) is 0 Å². The number of sulfonamides is 1. The van der Waals surface area contributed by atoms with E-state index >= 15 is 0 Å². The maximum atomic E-state index is 11.7. The lowest BCUT2D eigenvalue weighted by Gasteiger charge is -2.18. The maximum absolute atomic E-state index is 11.7. The molecule has 0 radical (unpaired) electrons. The molecule has 1 aromatic rings. The van der Waals surface area contributed by atoms with Crippen LogP contribution in [0.4, 0.5) is 0 Å². The van der Waals surface area contributed by atoms with Gasteiger partial charge in [0.1, 0.15) is 0 Å². The van der Waals surface area contributed by atoms with E-state index in [9.17, 15) is 13.2 Å². The highest BCUT2D eigenvalue weighted by Gasteiger charge is 2.33. The number of rotatable bonds is 14. The van der Waals surface area contributed by atoms with Crippen molar-refractivity contribution in [1.82, 2.24) is 4.72 Å². The van der Waals surface area contributed by atoms with E-state index < -0.39 is 20.3 Å². The molecule has 1 N–H and O–H groups in total. The first-order chi connectivity index (χ1) is 13.5. The van der Waals surface area contributed by atoms with Crippen molar-refractivity contribution >= 4 is 50.8 Å². The second kappa shape index (κ2) is 13.0. The van der Waals surface area contributed by atoms with Crippen molar-refractivity contribution in [2.24, 2.45) is 0 Å². The molecule has 1 rings (SSSR count). The first-order valence-electron chi connectivity index (χ1n) is 9.74. The van der Waals surface area contributed by atoms with E-state index in [1.165, 1.54) is 13.4 Å². The fraction of sp³-hybridized carbons (Fsp3) is 0.650. The third kappa shape index (κ3) is 11.4. The van der Waals surface area contributed by atoms with Gasteiger partial charge in [-0.3, -0.25) is 0 Å². The van der Waals surface area contributed by atoms with Crippen molar-refractivity contribution in [2.45, 2.75) is 68.2 Å². The molecule has 0 aliphatic rings. The summed E-state index contributed by atoms with van der Waals surface area (Å²) < 4.78 is 29.1. The van der Waals surface area contributed by atoms with Gasteiger partial charge in [0.2, 0.25) is 14.4 Å². The number of carbonyl (C=O) groups is 1. The van der Waals surface area contributed by atoms with Crippen LogP contribution < -0.4 is 4.72 Å². The molecule has 1 aromatic carbocycles. The number of esters is 1. The van der Waals surface area contributed by atoms with Crippen molar-refractivity contribution in [1.29, 1.82) is 0 Å². The van der Waals surface area contributed by atoms with Crippen molar-refractivity contribution in [3.05, 3.63) is 34.9 Å². The number of alkyl halides is 2. The summed E-state index contributed by atoms with van der Waals surface area (Å²) in [4.78, 5) is 11.4. The molecule has 1 atom stereocenters. The van der Waals surface area contributed by atoms with E-state index in [4.69, 9.17) is 34.8 Å². The summed E-state index contributed by atoms with van der Waals surface area (Å²) in [6.07, 6.45) is 9.10. The maximum Gasteiger partial charge on any atom is 0.342 e. The van der Waals surface area contributed by atoms with E-state index in [0.29, 0.717) is 11.4 Å². The van der Waals surface area contributed by atoms with Crippen LogP contribution in [0.5, 0.6) is 0 Å². The minimum atomic E-state index is -3.30. The van der Waals surface area contributed by atoms with Gasteiger partial charge in [0.15, 0.2) is 0 Å². The Hall–Kier alpha value is -0.530. The summed E-state index contributed by atoms with van der Waals surface area (Å²) in [5.74, 6) is -0.612. The molecule has 0 aromatic heterocycles. The Morgan fingerprint density at radius 2 is 1.55 bits per heavy atom. The van der Waals surface area contributed by atoms with Gasteiger partial charge in [0, 0.05) is 11.1 Å². The molecule has 0 aliphatic heterocycles. The van der Waals surface area contributed by atoms with Gasteiger partial charge in [0.05, 0.1) is 13.4 Å². The van der Waals surface area contributed by atoms with Gasteiger partial charge in [-0.1, -0.05) is 85.5 Å². The summed E-state index contributed by atoms with van der Waals surface area (Å²) in [5.41, 5.74) is 0.913. The predicted molar refractivity (Wildman–Crippen MR) is 120 cm³/mol. The van der Waals surface area contributed by atoms with Crippen LogP contribution >= 0.6 is 34.8 Å². The van der Waals surface area contributed by atoms with Crippen LogP contribution in [0, 0.1) is 0 Å². The van der Waals surface area contributed by atoms with Crippen LogP contribution in [0.25, 0.3) is 0 Å². The van der Waals surface area contributed by atoms with E-state index in [0.717, 1.165) is 56.9 Å². The average molecular weight is 487 g/mol. The smallest absolute Gasteiger partial charge is 0.342 e. The highest BCUT2D eigenvalue weighted by molar-refractivity contribution is 7.88. The molecule has 0 fully saturated rings. The van der Waals surface area contributed by atoms with Gasteiger partial charge in [-0.05, 0) is 37.0 Å². The molecular weight excluding hydrogens is 457 g/mol. The molecule has 1 unspecified atom stereocenters. The predicted octanol–water partition coefficient (Wildman–Crippen LogP) is 5.79. The van der Waals surface area contributed by atoms with E-state index in [2.05, 4.69) is 9.46 Å². The summed E-state index contributed by atoms with van der Waals surface area (Å²) in [6.45, 7) is 0. The second-order valence-electron chi connectivity index (χ2n) is 7.20. The van der Waals surface area contributed by atoms with Gasteiger partial charge in [-0.15, -0.1) is 0 Å². The Kier molecular flexibility index (Phi) is 11.9. The molecule has 0 spiro atoms. The number of hydrogen-bond acceptors (Lipinski definition) is 4. The molecule has 0 heterocycles. The van der Waals surface area contributed by atoms with Crippen molar-refractivity contribution in [2.75, 3.05) is 13.4 Å². The monoisotopic (exact) mass is 485 g/mol. The summed E-state index contributed by atoms with van der Waals surface area (Å²) in [6, 6.07) is 7.00. The number of nitrogens with one attached hydrogen (secondary N) is 1. The van der Waals surface area contributed by atoms with Crippen molar-refractivity contribution < 1.29 is 17.9 Å². The lowest BCUT2D eigenvalue weighted by atomic mass is 10.00. The Bertz CT molecular complexity index is 724. The average Bonchev–Trinajstić information content (AvgIpc) is 2.64. The zero-order chi connectivity index (χ0) is 21.9. The molecule has 0 saturated carbocycles. The molecule has 0 amide bonds. The molecule has 166 valence electrons. The first kappa shape index (κ1) is 26.5. The van der Waals surface area contributed by atoms with Crippen LogP contribution in [-0.2, 0) is 19.6 Å². The van der Waals surface area contributed by atoms with Gasteiger partial charge < -0.3 is 4.74 Å². The van der Waals surface area contributed by atoms with Crippen molar-refractivity contribution in [3.8, 4) is 0 Å². The normalized spacial score (nSPS) is 13.3. The van der Waals surface area contributed by atoms with Crippen molar-refractivity contribution in [3.63, 3.8) is 0 Å². The van der Waals surface area contributed by atoms with Gasteiger partial charge in [0.25, 0.3) is 0 Å². The molecule has 29 heavy (non-hydrogen) atoms. The number of halogens is 3. The zero-order valence-corrected chi connectivity index (χ0v) is 20.0. The Balaban J connectivity index is 2.27. The van der Waals surface area contributed by atoms with E-state index in [1.807, 2.05) is 12.1 Å². The zero-order valence-electron chi connectivity index (χ0n) is 16.9. The minimum absolute atomic E-state index is 0.249. The van der Waals surface area contributed by atoms with Crippen LogP contribution in [-0.4, -0.2) is 32.1 Å². The van der Waals surface area contributed by atoms with Gasteiger partial charge >= 0.3 is 5.97 Å². The lowest BCUT2D eigenvalue weighted by Crippen LogP contribution is -2.27. The third-order valence-corrected chi connectivity index (χ3v) is 6.25. The van der Waals surface area contributed by atoms with Crippen LogP contribution in [0.2, 0.25) is 5.02 Å². The molecule has 0 saturated heterocycles. The first-order valence-corrected chi connectivity index (χ1v) is 12.8. The number of unbranched alkanes of at least 4 members (excludes halogenated alkanes) is 6. The van der Waals surface area contributed by atoms with Crippen LogP contribution in [0.1, 0.15) is 69.4 Å². The standard InChI is InChI=1S/C20H30Cl3NO4S/c1-28-19(25)20(22,23)15-9-7-5-3-4-6-8-10-18(24-29(2,26)27)16-11-13-17(21)14-12-16/h11-14,18,24H,3-10,15H2,1-2H3. The number of methoxy groups -OCH3 is 1. The number of ether oxygens (including phenoxy) is 1. The highest BCUT2D eigenvalue weighted by atomic mass is 35.5. The molecule has 5 nitrogen and oxygen atoms in total. The molecular formula is C20H30Cl3NO4S. The molecule has 0 bridgehead atoms. The highest BCUT2D eigenvalue weighted by Crippen LogP contribution is 2.29. The second-order valence-corrected chi connectivity index (χ2v) is 10.9. The largest absolute Gasteiger partial charge is 0.467 e. The lowest BCUT2D eigenvalue weighted by molar-refractivity contribution is -0.141. The Labute approximate surface area is 189 Å². The summed E-state index contributed by atoms with van der Waals surface area (Å²) >= 11 is 17.8. The molecule has 9 heteroatoms. The fourth-order valence-electron chi connectivity index (χ4n) is 3.08. The Morgan fingerprint density at radius 1 is 1.03 bits per heavy atom. The fourth-order valence-corrected chi connectivity index (χ4v) is 4.40. The third-order valence-electron chi connectivity index (χ3n) is 4.60. The summed E-state index contributed by atoms with van der Waals surface area (Å²) in [5, 5.41) is 0.624. The van der Waals surface area contributed by atoms with E-state index in [1.54, 1.807) is 12.1 Å². The van der Waals surface area contributed by atoms with Crippen LogP contribution in [0.15, 0.2) is 24.3 Å². The topological polar surface area (TPSA) is 72.5 Å². The minimum Gasteiger partial charge on any atom is -0.467 e. The number of hydrogen-bond donors (Lipinski definition) is 1. The number of benzene rings is 1. The number of carbonyl (C=O) groups excluding carboxylic acids is 1.